The molecule has 0 atom stereocenters. The average Bonchev–Trinajstić information content (AvgIpc) is 2.57. The Labute approximate surface area is 146 Å². The van der Waals surface area contributed by atoms with E-state index in [-0.39, 0.29) is 5.96 Å². The first-order chi connectivity index (χ1) is 11.0. The third-order valence-electron chi connectivity index (χ3n) is 1.58. The highest BCUT2D eigenvalue weighted by Crippen LogP contribution is 1.79. The molecule has 0 aromatic heterocycles. The second-order valence-electron chi connectivity index (χ2n) is 3.31. The number of nitrogens with two attached hydrogens (primary N) is 3. The van der Waals surface area contributed by atoms with Gasteiger partial charge < -0.3 is 27.3 Å². The Hall–Kier alpha value is -2.12. The zero-order valence-electron chi connectivity index (χ0n) is 14.6. The lowest BCUT2D eigenvalue weighted by Crippen LogP contribution is -2.25. The maximum Gasteiger partial charge on any atom is 0.256 e. The molecule has 0 saturated heterocycles. The number of methoxy groups -OCH3 is 1. The highest BCUT2D eigenvalue weighted by atomic mass is 32.1. The Kier molecular flexibility index (Phi) is 40.3. The molecule has 7 N–H and O–H groups in total. The molecule has 0 aliphatic carbocycles. The Morgan fingerprint density at radius 1 is 1.17 bits per heavy atom. The van der Waals surface area contributed by atoms with Crippen molar-refractivity contribution < 1.29 is 4.74 Å². The van der Waals surface area contributed by atoms with Crippen LogP contribution in [0.25, 0.3) is 0 Å². The molecule has 0 unspecified atom stereocenters. The van der Waals surface area contributed by atoms with Gasteiger partial charge in [0.1, 0.15) is 0 Å². The number of hydrogen-bond acceptors (Lipinski definition) is 4. The van der Waals surface area contributed by atoms with Gasteiger partial charge in [-0.1, -0.05) is 50.1 Å². The lowest BCUT2D eigenvalue weighted by molar-refractivity contribution is 0.392. The van der Waals surface area contributed by atoms with Crippen LogP contribution in [-0.4, -0.2) is 38.4 Å². The van der Waals surface area contributed by atoms with E-state index in [1.807, 2.05) is 19.1 Å². The Balaban J connectivity index is -0.000000136. The van der Waals surface area contributed by atoms with Gasteiger partial charge in [-0.15, -0.1) is 0 Å². The van der Waals surface area contributed by atoms with E-state index in [0.717, 1.165) is 6.42 Å². The molecule has 0 fully saturated rings. The zero-order valence-corrected chi connectivity index (χ0v) is 15.4. The number of aliphatic imine (C=N–C) groups is 1. The number of thiocarbonyl (C=S) groups is 1. The van der Waals surface area contributed by atoms with Crippen molar-refractivity contribution in [1.29, 1.82) is 0 Å². The van der Waals surface area contributed by atoms with Crippen LogP contribution in [0, 0.1) is 0 Å². The highest BCUT2D eigenvalue weighted by molar-refractivity contribution is 7.80. The van der Waals surface area contributed by atoms with Gasteiger partial charge in [0.15, 0.2) is 5.96 Å². The van der Waals surface area contributed by atoms with Crippen LogP contribution in [0.4, 0.5) is 0 Å². The fourth-order valence-electron chi connectivity index (χ4n) is 0.686. The smallest absolute Gasteiger partial charge is 0.256 e. The van der Waals surface area contributed by atoms with E-state index in [1.54, 1.807) is 18.2 Å². The number of allylic oxidation sites excluding steroid dienone is 5. The van der Waals surface area contributed by atoms with Crippen molar-refractivity contribution in [3.8, 4) is 0 Å². The minimum absolute atomic E-state index is 0.115. The van der Waals surface area contributed by atoms with Gasteiger partial charge in [0.2, 0.25) is 0 Å². The topological polar surface area (TPSA) is 112 Å². The normalized spacial score (nSPS) is 7.65. The summed E-state index contributed by atoms with van der Waals surface area (Å²) in [4.78, 5) is 3.80. The molecule has 134 valence electrons. The number of nitrogens with one attached hydrogen (secondary N) is 1. The molecule has 0 rings (SSSR count). The molecule has 23 heavy (non-hydrogen) atoms. The van der Waals surface area contributed by atoms with E-state index in [9.17, 15) is 0 Å². The Morgan fingerprint density at radius 2 is 1.70 bits per heavy atom. The van der Waals surface area contributed by atoms with Crippen molar-refractivity contribution in [1.82, 2.24) is 5.32 Å². The van der Waals surface area contributed by atoms with Gasteiger partial charge in [0.25, 0.3) is 5.17 Å². The summed E-state index contributed by atoms with van der Waals surface area (Å²) in [6, 6.07) is 0. The van der Waals surface area contributed by atoms with E-state index in [0.29, 0.717) is 18.3 Å². The van der Waals surface area contributed by atoms with Crippen molar-refractivity contribution in [3.05, 3.63) is 50.1 Å². The molecule has 7 heteroatoms. The zero-order chi connectivity index (χ0) is 18.9. The monoisotopic (exact) mass is 343 g/mol. The van der Waals surface area contributed by atoms with Gasteiger partial charge in [-0.2, -0.15) is 0 Å². The summed E-state index contributed by atoms with van der Waals surface area (Å²) in [5, 5.41) is 3.25. The van der Waals surface area contributed by atoms with Crippen molar-refractivity contribution in [3.63, 3.8) is 0 Å². The molecule has 0 radical (unpaired) electrons. The van der Waals surface area contributed by atoms with Crippen LogP contribution < -0.4 is 22.5 Å². The predicted molar refractivity (Wildman–Crippen MR) is 108 cm³/mol. The molecule has 0 heterocycles. The van der Waals surface area contributed by atoms with E-state index in [2.05, 4.69) is 35.8 Å². The minimum atomic E-state index is 0.115. The van der Waals surface area contributed by atoms with E-state index < -0.39 is 0 Å². The van der Waals surface area contributed by atoms with Gasteiger partial charge >= 0.3 is 0 Å². The molecule has 0 aliphatic rings. The predicted octanol–water partition coefficient (Wildman–Crippen LogP) is 1.85. The van der Waals surface area contributed by atoms with Gasteiger partial charge in [0.05, 0.1) is 7.11 Å². The van der Waals surface area contributed by atoms with Gasteiger partial charge in [-0.05, 0) is 32.6 Å². The Bertz CT molecular complexity index is 331. The molecule has 0 bridgehead atoms. The van der Waals surface area contributed by atoms with Crippen LogP contribution in [-0.2, 0) is 4.74 Å². The second kappa shape index (κ2) is 32.0. The van der Waals surface area contributed by atoms with Crippen LogP contribution in [0.1, 0.15) is 13.3 Å². The average molecular weight is 344 g/mol. The number of guanidine groups is 1. The van der Waals surface area contributed by atoms with Crippen LogP contribution in [0.5, 0.6) is 0 Å². The number of hydrogen-bond donors (Lipinski definition) is 4. The standard InChI is InChI=1S/C6H14N4OS.C5H8.C4H6.CH5N/c1-11-6(12)10-4-2-3-9-5(7)8;1-3-5-4-2;1-3-4-2;1-2/h2-4H2,1H3,(H,10,12)(H4,7,8,9);3-5H,1H2,2H3;3-4H,1-2H2;2H2,1H3/b;5-4-;;. The van der Waals surface area contributed by atoms with Gasteiger partial charge in [-0.3, -0.25) is 4.99 Å². The van der Waals surface area contributed by atoms with Crippen LogP contribution in [0.2, 0.25) is 0 Å². The molecule has 0 aromatic carbocycles. The van der Waals surface area contributed by atoms with Crippen molar-refractivity contribution >= 4 is 23.4 Å². The van der Waals surface area contributed by atoms with Crippen LogP contribution in [0.15, 0.2) is 55.1 Å². The molecular formula is C16H33N5OS. The second-order valence-corrected chi connectivity index (χ2v) is 3.68. The Morgan fingerprint density at radius 3 is 1.96 bits per heavy atom. The molecule has 0 amide bonds. The minimum Gasteiger partial charge on any atom is -0.474 e. The summed E-state index contributed by atoms with van der Waals surface area (Å²) < 4.78 is 4.71. The van der Waals surface area contributed by atoms with E-state index in [1.165, 1.54) is 14.2 Å². The molecule has 0 aliphatic heterocycles. The SMILES string of the molecule is C=C/C=C\C.C=CC=C.CN.COC(=S)NCCCN=C(N)N. The van der Waals surface area contributed by atoms with Crippen molar-refractivity contribution in [2.24, 2.45) is 22.2 Å². The fourth-order valence-corrected chi connectivity index (χ4v) is 0.788. The highest BCUT2D eigenvalue weighted by Gasteiger charge is 1.90. The quantitative estimate of drug-likeness (QED) is 0.192. The maximum atomic E-state index is 5.12. The summed E-state index contributed by atoms with van der Waals surface area (Å²) in [6.45, 7) is 13.5. The van der Waals surface area contributed by atoms with Crippen molar-refractivity contribution in [2.75, 3.05) is 27.2 Å². The van der Waals surface area contributed by atoms with E-state index in [4.69, 9.17) is 28.4 Å². The van der Waals surface area contributed by atoms with E-state index >= 15 is 0 Å². The third kappa shape index (κ3) is 53.7. The summed E-state index contributed by atoms with van der Waals surface area (Å²) in [7, 11) is 3.02. The summed E-state index contributed by atoms with van der Waals surface area (Å²) in [6.07, 6.45) is 9.68. The molecule has 0 saturated carbocycles. The fraction of sp³-hybridized carbons (Fsp3) is 0.375. The first kappa shape index (κ1) is 29.0. The third-order valence-corrected chi connectivity index (χ3v) is 1.89. The first-order valence-electron chi connectivity index (χ1n) is 6.92. The van der Waals surface area contributed by atoms with Crippen LogP contribution >= 0.6 is 12.2 Å². The molecule has 0 aromatic rings. The number of ether oxygens (including phenoxy) is 1. The van der Waals surface area contributed by atoms with Crippen molar-refractivity contribution in [2.45, 2.75) is 13.3 Å². The molecule has 6 nitrogen and oxygen atoms in total. The summed E-state index contributed by atoms with van der Waals surface area (Å²) in [5.41, 5.74) is 14.7. The number of rotatable bonds is 6. The maximum absolute atomic E-state index is 5.12. The van der Waals surface area contributed by atoms with Crippen LogP contribution in [0.3, 0.4) is 0 Å². The largest absolute Gasteiger partial charge is 0.474 e. The first-order valence-corrected chi connectivity index (χ1v) is 7.32. The molecule has 0 spiro atoms. The lowest BCUT2D eigenvalue weighted by atomic mass is 10.4. The number of nitrogens with zero attached hydrogens (tertiary/aromatic N) is 1. The van der Waals surface area contributed by atoms with Gasteiger partial charge in [-0.25, -0.2) is 0 Å². The summed E-state index contributed by atoms with van der Waals surface area (Å²) >= 11 is 4.74. The van der Waals surface area contributed by atoms with Gasteiger partial charge in [0, 0.05) is 13.1 Å². The summed E-state index contributed by atoms with van der Waals surface area (Å²) in [5.74, 6) is 0.115. The lowest BCUT2D eigenvalue weighted by Gasteiger charge is -2.03. The molecular weight excluding hydrogens is 310 g/mol.